The summed E-state index contributed by atoms with van der Waals surface area (Å²) < 4.78 is 0. The molecule has 4 rings (SSSR count). The van der Waals surface area contributed by atoms with Gasteiger partial charge in [0.15, 0.2) is 0 Å². The van der Waals surface area contributed by atoms with Crippen LogP contribution in [0.2, 0.25) is 0 Å². The van der Waals surface area contributed by atoms with E-state index in [0.717, 1.165) is 6.42 Å². The molecular formula is C23H26N2. The van der Waals surface area contributed by atoms with Crippen LogP contribution in [0.5, 0.6) is 0 Å². The van der Waals surface area contributed by atoms with Crippen LogP contribution in [-0.2, 0) is 11.8 Å². The fraction of sp³-hybridized carbons (Fsp3) is 0.304. The van der Waals surface area contributed by atoms with Crippen molar-refractivity contribution < 1.29 is 0 Å². The van der Waals surface area contributed by atoms with E-state index in [4.69, 9.17) is 0 Å². The lowest BCUT2D eigenvalue weighted by atomic mass is 9.80. The monoisotopic (exact) mass is 330 g/mol. The van der Waals surface area contributed by atoms with Crippen LogP contribution >= 0.6 is 0 Å². The molecule has 2 nitrogen and oxygen atoms in total. The minimum atomic E-state index is 0.112. The average molecular weight is 330 g/mol. The molecule has 1 atom stereocenters. The molecule has 0 radical (unpaired) electrons. The summed E-state index contributed by atoms with van der Waals surface area (Å²) in [6, 6.07) is 17.8. The summed E-state index contributed by atoms with van der Waals surface area (Å²) >= 11 is 0. The van der Waals surface area contributed by atoms with Crippen molar-refractivity contribution in [2.24, 2.45) is 0 Å². The van der Waals surface area contributed by atoms with E-state index in [1.54, 1.807) is 0 Å². The summed E-state index contributed by atoms with van der Waals surface area (Å²) in [5.74, 6) is 0. The van der Waals surface area contributed by atoms with Gasteiger partial charge in [0.05, 0.1) is 6.04 Å². The number of fused-ring (bicyclic) bond motifs is 2. The van der Waals surface area contributed by atoms with Crippen molar-refractivity contribution in [3.63, 3.8) is 0 Å². The summed E-state index contributed by atoms with van der Waals surface area (Å²) in [4.78, 5) is 4.64. The van der Waals surface area contributed by atoms with Crippen molar-refractivity contribution in [3.05, 3.63) is 83.6 Å². The van der Waals surface area contributed by atoms with Crippen LogP contribution in [0.3, 0.4) is 0 Å². The number of nitrogens with zero attached hydrogens (tertiary/aromatic N) is 2. The molecule has 0 amide bonds. The van der Waals surface area contributed by atoms with Crippen LogP contribution in [0.1, 0.15) is 25.0 Å². The van der Waals surface area contributed by atoms with Crippen LogP contribution in [0, 0.1) is 0 Å². The Kier molecular flexibility index (Phi) is 3.72. The van der Waals surface area contributed by atoms with E-state index in [-0.39, 0.29) is 5.41 Å². The zero-order valence-corrected chi connectivity index (χ0v) is 15.5. The van der Waals surface area contributed by atoms with Crippen molar-refractivity contribution >= 4 is 11.4 Å². The predicted octanol–water partition coefficient (Wildman–Crippen LogP) is 4.92. The number of likely N-dealkylation sites (N-methyl/N-ethyl adjacent to an activating group) is 1. The van der Waals surface area contributed by atoms with Gasteiger partial charge in [0.25, 0.3) is 0 Å². The number of para-hydroxylation sites is 2. The zero-order valence-electron chi connectivity index (χ0n) is 15.5. The van der Waals surface area contributed by atoms with Crippen molar-refractivity contribution in [1.29, 1.82) is 0 Å². The van der Waals surface area contributed by atoms with Crippen LogP contribution in [0.15, 0.2) is 72.5 Å². The summed E-state index contributed by atoms with van der Waals surface area (Å²) in [7, 11) is 4.34. The van der Waals surface area contributed by atoms with E-state index < -0.39 is 0 Å². The highest BCUT2D eigenvalue weighted by Gasteiger charge is 2.41. The quantitative estimate of drug-likeness (QED) is 0.771. The second kappa shape index (κ2) is 5.80. The van der Waals surface area contributed by atoms with Gasteiger partial charge < -0.3 is 9.80 Å². The lowest BCUT2D eigenvalue weighted by Crippen LogP contribution is -2.37. The van der Waals surface area contributed by atoms with Crippen LogP contribution in [0.4, 0.5) is 11.4 Å². The normalized spacial score (nSPS) is 21.3. The first-order valence-electron chi connectivity index (χ1n) is 9.00. The zero-order chi connectivity index (χ0) is 17.6. The van der Waals surface area contributed by atoms with E-state index in [2.05, 4.69) is 105 Å². The maximum atomic E-state index is 2.41. The number of hydrogen-bond donors (Lipinski definition) is 0. The summed E-state index contributed by atoms with van der Waals surface area (Å²) in [6.45, 7) is 4.70. The van der Waals surface area contributed by atoms with E-state index in [0.29, 0.717) is 6.04 Å². The van der Waals surface area contributed by atoms with E-state index in [9.17, 15) is 0 Å². The second-order valence-corrected chi connectivity index (χ2v) is 7.77. The average Bonchev–Trinajstić information content (AvgIpc) is 2.80. The summed E-state index contributed by atoms with van der Waals surface area (Å²) in [5, 5.41) is 0. The molecular weight excluding hydrogens is 304 g/mol. The van der Waals surface area contributed by atoms with E-state index in [1.807, 2.05) is 0 Å². The molecule has 0 spiro atoms. The first kappa shape index (κ1) is 16.0. The Morgan fingerprint density at radius 2 is 1.64 bits per heavy atom. The number of benzene rings is 2. The predicted molar refractivity (Wildman–Crippen MR) is 107 cm³/mol. The molecule has 2 heteroatoms. The van der Waals surface area contributed by atoms with Gasteiger partial charge in [-0.05, 0) is 28.8 Å². The number of anilines is 2. The molecule has 0 saturated carbocycles. The highest BCUT2D eigenvalue weighted by Crippen LogP contribution is 2.44. The summed E-state index contributed by atoms with van der Waals surface area (Å²) in [6.07, 6.45) is 7.96. The van der Waals surface area contributed by atoms with Gasteiger partial charge in [0.2, 0.25) is 0 Å². The SMILES string of the molecule is CN1C=C(C=CC2N(C)c3ccccc3C2(C)C)Cc2ccccc21. The Labute approximate surface area is 151 Å². The Morgan fingerprint density at radius 1 is 0.960 bits per heavy atom. The number of rotatable bonds is 2. The lowest BCUT2D eigenvalue weighted by molar-refractivity contribution is 0.487. The Balaban J connectivity index is 1.61. The van der Waals surface area contributed by atoms with Crippen molar-refractivity contribution in [2.45, 2.75) is 31.7 Å². The van der Waals surface area contributed by atoms with Crippen molar-refractivity contribution in [1.82, 2.24) is 0 Å². The van der Waals surface area contributed by atoms with Crippen LogP contribution < -0.4 is 9.80 Å². The molecule has 0 N–H and O–H groups in total. The lowest BCUT2D eigenvalue weighted by Gasteiger charge is -2.30. The minimum absolute atomic E-state index is 0.112. The first-order valence-corrected chi connectivity index (χ1v) is 9.00. The third kappa shape index (κ3) is 2.57. The highest BCUT2D eigenvalue weighted by atomic mass is 15.2. The van der Waals surface area contributed by atoms with Gasteiger partial charge >= 0.3 is 0 Å². The van der Waals surface area contributed by atoms with Gasteiger partial charge in [-0.15, -0.1) is 0 Å². The first-order chi connectivity index (χ1) is 12.0. The molecule has 128 valence electrons. The number of hydrogen-bond acceptors (Lipinski definition) is 2. The van der Waals surface area contributed by atoms with Gasteiger partial charge in [-0.1, -0.05) is 62.4 Å². The maximum absolute atomic E-state index is 2.41. The minimum Gasteiger partial charge on any atom is -0.367 e. The Hall–Kier alpha value is -2.48. The standard InChI is InChI=1S/C23H26N2/c1-23(2)19-10-6-8-12-21(19)25(4)22(23)14-13-17-15-18-9-5-7-11-20(18)24(3)16-17/h5-14,16,22H,15H2,1-4H3. The molecule has 0 saturated heterocycles. The van der Waals surface area contributed by atoms with Crippen molar-refractivity contribution in [3.8, 4) is 0 Å². The van der Waals surface area contributed by atoms with E-state index in [1.165, 1.54) is 28.1 Å². The molecule has 0 bridgehead atoms. The molecule has 25 heavy (non-hydrogen) atoms. The van der Waals surface area contributed by atoms with Gasteiger partial charge in [-0.25, -0.2) is 0 Å². The molecule has 1 unspecified atom stereocenters. The molecule has 2 aliphatic heterocycles. The van der Waals surface area contributed by atoms with E-state index >= 15 is 0 Å². The molecule has 0 fully saturated rings. The molecule has 2 aromatic carbocycles. The van der Waals surface area contributed by atoms with Crippen LogP contribution in [-0.4, -0.2) is 20.1 Å². The Bertz CT molecular complexity index is 860. The molecule has 2 aromatic rings. The third-order valence-electron chi connectivity index (χ3n) is 5.75. The molecule has 2 heterocycles. The van der Waals surface area contributed by atoms with Crippen LogP contribution in [0.25, 0.3) is 0 Å². The smallest absolute Gasteiger partial charge is 0.0565 e. The van der Waals surface area contributed by atoms with Gasteiger partial charge in [-0.2, -0.15) is 0 Å². The maximum Gasteiger partial charge on any atom is 0.0565 e. The number of allylic oxidation sites excluding steroid dienone is 2. The molecule has 0 aromatic heterocycles. The van der Waals surface area contributed by atoms with Gasteiger partial charge in [-0.3, -0.25) is 0 Å². The summed E-state index contributed by atoms with van der Waals surface area (Å²) in [5.41, 5.74) is 6.97. The molecule has 2 aliphatic rings. The third-order valence-corrected chi connectivity index (χ3v) is 5.75. The fourth-order valence-corrected chi connectivity index (χ4v) is 4.39. The highest BCUT2D eigenvalue weighted by molar-refractivity contribution is 5.65. The largest absolute Gasteiger partial charge is 0.367 e. The Morgan fingerprint density at radius 3 is 2.40 bits per heavy atom. The van der Waals surface area contributed by atoms with Gasteiger partial charge in [0.1, 0.15) is 0 Å². The molecule has 0 aliphatic carbocycles. The van der Waals surface area contributed by atoms with Gasteiger partial charge in [0, 0.05) is 43.5 Å². The topological polar surface area (TPSA) is 6.48 Å². The fourth-order valence-electron chi connectivity index (χ4n) is 4.39. The van der Waals surface area contributed by atoms with Crippen molar-refractivity contribution in [2.75, 3.05) is 23.9 Å². The second-order valence-electron chi connectivity index (χ2n) is 7.77.